The number of aromatic hydroxyl groups is 1. The minimum Gasteiger partial charge on any atom is -0.507 e. The van der Waals surface area contributed by atoms with E-state index in [4.69, 9.17) is 9.97 Å². The first kappa shape index (κ1) is 28.8. The van der Waals surface area contributed by atoms with E-state index in [1.54, 1.807) is 0 Å². The summed E-state index contributed by atoms with van der Waals surface area (Å²) in [6.45, 7) is 6.23. The van der Waals surface area contributed by atoms with Crippen molar-refractivity contribution in [2.45, 2.75) is 26.2 Å². The van der Waals surface area contributed by atoms with Gasteiger partial charge in [-0.25, -0.2) is 4.98 Å². The largest absolute Gasteiger partial charge is 0.507 e. The third-order valence-electron chi connectivity index (χ3n) is 8.41. The molecule has 7 rings (SSSR count). The minimum atomic E-state index is -0.237. The van der Waals surface area contributed by atoms with Crippen molar-refractivity contribution in [1.29, 1.82) is 5.26 Å². The number of nitriles is 1. The molecule has 46 heavy (non-hydrogen) atoms. The molecule has 0 unspecified atom stereocenters. The van der Waals surface area contributed by atoms with Crippen molar-refractivity contribution in [2.24, 2.45) is 0 Å². The molecule has 2 aromatic heterocycles. The van der Waals surface area contributed by atoms with E-state index in [0.29, 0.717) is 17.0 Å². The summed E-state index contributed by atoms with van der Waals surface area (Å²) >= 11 is 0. The average molecular weight is 597 g/mol. The van der Waals surface area contributed by atoms with Crippen molar-refractivity contribution in [3.05, 3.63) is 139 Å². The standard InChI is InChI=1S/C41H32N4O/c1-41(2,3)35-18-10-17-31(39(35)46)40-44-36-19-11-16-30(38(36)45-40)33-23-29(22-32(34(33)25-42)27-14-8-5-9-15-27)37-24-28(20-21-43-37)26-12-6-4-7-13-26/h4-24,46H,1-3H3,(H,44,45). The topological polar surface area (TPSA) is 85.6 Å². The van der Waals surface area contributed by atoms with E-state index in [0.717, 1.165) is 61.2 Å². The summed E-state index contributed by atoms with van der Waals surface area (Å²) in [4.78, 5) is 13.2. The predicted molar refractivity (Wildman–Crippen MR) is 186 cm³/mol. The number of phenolic OH excluding ortho intramolecular Hbond substituents is 1. The molecule has 0 saturated carbocycles. The highest BCUT2D eigenvalue weighted by molar-refractivity contribution is 5.98. The van der Waals surface area contributed by atoms with Crippen LogP contribution in [0.1, 0.15) is 31.9 Å². The molecular weight excluding hydrogens is 564 g/mol. The number of aromatic amines is 1. The van der Waals surface area contributed by atoms with Gasteiger partial charge >= 0.3 is 0 Å². The molecule has 2 N–H and O–H groups in total. The maximum absolute atomic E-state index is 11.3. The number of imidazole rings is 1. The van der Waals surface area contributed by atoms with E-state index in [-0.39, 0.29) is 11.2 Å². The third-order valence-corrected chi connectivity index (χ3v) is 8.41. The first-order valence-electron chi connectivity index (χ1n) is 15.3. The van der Waals surface area contributed by atoms with E-state index in [2.05, 4.69) is 62.2 Å². The highest BCUT2D eigenvalue weighted by atomic mass is 16.3. The van der Waals surface area contributed by atoms with Gasteiger partial charge in [-0.15, -0.1) is 0 Å². The summed E-state index contributed by atoms with van der Waals surface area (Å²) in [7, 11) is 0. The van der Waals surface area contributed by atoms with Gasteiger partial charge in [0.25, 0.3) is 0 Å². The molecule has 5 aromatic carbocycles. The number of nitrogens with one attached hydrogen (secondary N) is 1. The molecule has 0 aliphatic carbocycles. The lowest BCUT2D eigenvalue weighted by atomic mass is 9.85. The van der Waals surface area contributed by atoms with Gasteiger partial charge in [0.05, 0.1) is 27.9 Å². The normalized spacial score (nSPS) is 11.4. The zero-order valence-electron chi connectivity index (χ0n) is 25.9. The Morgan fingerprint density at radius 3 is 2.04 bits per heavy atom. The molecule has 0 amide bonds. The molecule has 2 heterocycles. The fraction of sp³-hybridized carbons (Fsp3) is 0.0976. The van der Waals surface area contributed by atoms with Crippen molar-refractivity contribution < 1.29 is 5.11 Å². The second-order valence-corrected chi connectivity index (χ2v) is 12.5. The fourth-order valence-corrected chi connectivity index (χ4v) is 6.09. The Labute approximate surface area is 268 Å². The number of rotatable bonds is 5. The van der Waals surface area contributed by atoms with Crippen LogP contribution in [0.25, 0.3) is 67.1 Å². The van der Waals surface area contributed by atoms with Gasteiger partial charge in [-0.3, -0.25) is 4.98 Å². The summed E-state index contributed by atoms with van der Waals surface area (Å²) in [5.74, 6) is 0.785. The van der Waals surface area contributed by atoms with Crippen LogP contribution < -0.4 is 0 Å². The van der Waals surface area contributed by atoms with Gasteiger partial charge in [-0.2, -0.15) is 5.26 Å². The van der Waals surface area contributed by atoms with Gasteiger partial charge in [0.1, 0.15) is 17.6 Å². The molecule has 5 nitrogen and oxygen atoms in total. The SMILES string of the molecule is CC(C)(C)c1cccc(-c2nc3cccc(-c4cc(-c5cc(-c6ccccc6)ccn5)cc(-c5ccccc5)c4C#N)c3[nH]2)c1O. The lowest BCUT2D eigenvalue weighted by Crippen LogP contribution is -2.11. The number of aromatic nitrogens is 3. The van der Waals surface area contributed by atoms with E-state index in [9.17, 15) is 10.4 Å². The van der Waals surface area contributed by atoms with Crippen molar-refractivity contribution >= 4 is 11.0 Å². The molecule has 0 radical (unpaired) electrons. The number of hydrogen-bond acceptors (Lipinski definition) is 4. The van der Waals surface area contributed by atoms with Crippen molar-refractivity contribution in [1.82, 2.24) is 15.0 Å². The lowest BCUT2D eigenvalue weighted by Gasteiger charge is -2.21. The first-order chi connectivity index (χ1) is 22.3. The highest BCUT2D eigenvalue weighted by Crippen LogP contribution is 2.41. The number of phenols is 1. The Bertz CT molecular complexity index is 2260. The molecular formula is C41H32N4O. The van der Waals surface area contributed by atoms with E-state index in [1.165, 1.54) is 0 Å². The Kier molecular flexibility index (Phi) is 7.19. The summed E-state index contributed by atoms with van der Waals surface area (Å²) in [6, 6.07) is 42.7. The summed E-state index contributed by atoms with van der Waals surface area (Å²) in [5, 5.41) is 21.9. The second-order valence-electron chi connectivity index (χ2n) is 12.5. The maximum Gasteiger partial charge on any atom is 0.142 e. The maximum atomic E-state index is 11.3. The smallest absolute Gasteiger partial charge is 0.142 e. The minimum absolute atomic E-state index is 0.214. The molecule has 7 aromatic rings. The lowest BCUT2D eigenvalue weighted by molar-refractivity contribution is 0.448. The Balaban J connectivity index is 1.46. The van der Waals surface area contributed by atoms with Gasteiger partial charge < -0.3 is 10.1 Å². The van der Waals surface area contributed by atoms with Crippen LogP contribution in [0.3, 0.4) is 0 Å². The first-order valence-corrected chi connectivity index (χ1v) is 15.3. The van der Waals surface area contributed by atoms with E-state index < -0.39 is 0 Å². The highest BCUT2D eigenvalue weighted by Gasteiger charge is 2.23. The number of H-pyrrole nitrogens is 1. The van der Waals surface area contributed by atoms with Crippen LogP contribution in [-0.4, -0.2) is 20.1 Å². The zero-order valence-corrected chi connectivity index (χ0v) is 25.9. The van der Waals surface area contributed by atoms with Crippen molar-refractivity contribution in [3.63, 3.8) is 0 Å². The van der Waals surface area contributed by atoms with E-state index >= 15 is 0 Å². The average Bonchev–Trinajstić information content (AvgIpc) is 3.52. The van der Waals surface area contributed by atoms with Gasteiger partial charge in [0.2, 0.25) is 0 Å². The molecule has 0 spiro atoms. The van der Waals surface area contributed by atoms with Crippen LogP contribution in [-0.2, 0) is 5.41 Å². The number of pyridine rings is 1. The van der Waals surface area contributed by atoms with Crippen LogP contribution in [0.2, 0.25) is 0 Å². The molecule has 0 aliphatic rings. The molecule has 222 valence electrons. The number of hydrogen-bond donors (Lipinski definition) is 2. The molecule has 0 bridgehead atoms. The van der Waals surface area contributed by atoms with Gasteiger partial charge in [-0.1, -0.05) is 106 Å². The molecule has 0 saturated heterocycles. The summed E-state index contributed by atoms with van der Waals surface area (Å²) in [5.41, 5.74) is 10.6. The van der Waals surface area contributed by atoms with Crippen LogP contribution in [0, 0.1) is 11.3 Å². The van der Waals surface area contributed by atoms with Gasteiger partial charge in [0, 0.05) is 28.5 Å². The number of fused-ring (bicyclic) bond motifs is 1. The van der Waals surface area contributed by atoms with Crippen molar-refractivity contribution in [3.8, 4) is 67.8 Å². The summed E-state index contributed by atoms with van der Waals surface area (Å²) in [6.07, 6.45) is 1.83. The summed E-state index contributed by atoms with van der Waals surface area (Å²) < 4.78 is 0. The van der Waals surface area contributed by atoms with Crippen LogP contribution in [0.5, 0.6) is 5.75 Å². The van der Waals surface area contributed by atoms with Crippen LogP contribution >= 0.6 is 0 Å². The number of para-hydroxylation sites is 2. The Hall–Kier alpha value is -5.99. The number of nitrogens with zero attached hydrogens (tertiary/aromatic N) is 3. The zero-order chi connectivity index (χ0) is 31.8. The Morgan fingerprint density at radius 2 is 1.33 bits per heavy atom. The van der Waals surface area contributed by atoms with Crippen molar-refractivity contribution in [2.75, 3.05) is 0 Å². The monoisotopic (exact) mass is 596 g/mol. The fourth-order valence-electron chi connectivity index (χ4n) is 6.09. The van der Waals surface area contributed by atoms with Crippen LogP contribution in [0.4, 0.5) is 0 Å². The van der Waals surface area contributed by atoms with Crippen LogP contribution in [0.15, 0.2) is 128 Å². The molecule has 0 aliphatic heterocycles. The Morgan fingerprint density at radius 1 is 0.652 bits per heavy atom. The van der Waals surface area contributed by atoms with E-state index in [1.807, 2.05) is 97.2 Å². The molecule has 0 fully saturated rings. The predicted octanol–water partition coefficient (Wildman–Crippen LogP) is 10.2. The van der Waals surface area contributed by atoms with Gasteiger partial charge in [-0.05, 0) is 64.1 Å². The third kappa shape index (κ3) is 5.21. The van der Waals surface area contributed by atoms with Gasteiger partial charge in [0.15, 0.2) is 0 Å². The molecule has 5 heteroatoms. The molecule has 0 atom stereocenters. The quantitative estimate of drug-likeness (QED) is 0.207. The second kappa shape index (κ2) is 11.5. The number of benzene rings is 5.